The summed E-state index contributed by atoms with van der Waals surface area (Å²) in [4.78, 5) is 30.8. The molecule has 1 aliphatic carbocycles. The molecule has 1 saturated heterocycles. The lowest BCUT2D eigenvalue weighted by atomic mass is 10.3. The maximum Gasteiger partial charge on any atom is 0.355 e. The molecule has 1 aromatic rings. The number of aromatic carboxylic acids is 1. The number of amides is 1. The fourth-order valence-corrected chi connectivity index (χ4v) is 3.07. The van der Waals surface area contributed by atoms with Crippen LogP contribution in [0.15, 0.2) is 5.38 Å². The Labute approximate surface area is 114 Å². The number of thiazole rings is 1. The SMILES string of the molecule is O=C(O)c1csc(N2CCN(C(=O)C3CC3)CC2)n1. The van der Waals surface area contributed by atoms with E-state index in [-0.39, 0.29) is 17.5 Å². The predicted molar refractivity (Wildman–Crippen MR) is 70.6 cm³/mol. The van der Waals surface area contributed by atoms with Gasteiger partial charge in [-0.15, -0.1) is 11.3 Å². The van der Waals surface area contributed by atoms with Crippen molar-refractivity contribution in [1.29, 1.82) is 0 Å². The van der Waals surface area contributed by atoms with Gasteiger partial charge in [-0.1, -0.05) is 0 Å². The predicted octanol–water partition coefficient (Wildman–Crippen LogP) is 0.900. The van der Waals surface area contributed by atoms with Crippen molar-refractivity contribution < 1.29 is 14.7 Å². The van der Waals surface area contributed by atoms with Crippen molar-refractivity contribution in [2.45, 2.75) is 12.8 Å². The van der Waals surface area contributed by atoms with Crippen LogP contribution in [0.4, 0.5) is 5.13 Å². The summed E-state index contributed by atoms with van der Waals surface area (Å²) in [5.41, 5.74) is 0.0940. The minimum absolute atomic E-state index is 0.0940. The summed E-state index contributed by atoms with van der Waals surface area (Å²) in [6.07, 6.45) is 2.07. The van der Waals surface area contributed by atoms with Crippen molar-refractivity contribution in [3.63, 3.8) is 0 Å². The van der Waals surface area contributed by atoms with Crippen molar-refractivity contribution >= 4 is 28.3 Å². The Morgan fingerprint density at radius 2 is 1.95 bits per heavy atom. The summed E-state index contributed by atoms with van der Waals surface area (Å²) in [5, 5.41) is 11.1. The van der Waals surface area contributed by atoms with Crippen LogP contribution >= 0.6 is 11.3 Å². The third-order valence-electron chi connectivity index (χ3n) is 3.50. The summed E-state index contributed by atoms with van der Waals surface area (Å²) < 4.78 is 0. The number of carbonyl (C=O) groups is 2. The molecule has 6 nitrogen and oxygen atoms in total. The van der Waals surface area contributed by atoms with Crippen LogP contribution in [0.25, 0.3) is 0 Å². The number of piperazine rings is 1. The first-order valence-corrected chi connectivity index (χ1v) is 7.25. The molecule has 0 radical (unpaired) electrons. The zero-order valence-corrected chi connectivity index (χ0v) is 11.2. The molecule has 0 atom stereocenters. The number of rotatable bonds is 3. The quantitative estimate of drug-likeness (QED) is 0.891. The van der Waals surface area contributed by atoms with Crippen molar-refractivity contribution in [1.82, 2.24) is 9.88 Å². The van der Waals surface area contributed by atoms with Crippen LogP contribution in [0.1, 0.15) is 23.3 Å². The number of carboxylic acid groups (broad SMARTS) is 1. The van der Waals surface area contributed by atoms with E-state index in [4.69, 9.17) is 5.11 Å². The smallest absolute Gasteiger partial charge is 0.355 e. The summed E-state index contributed by atoms with van der Waals surface area (Å²) in [6, 6.07) is 0. The van der Waals surface area contributed by atoms with Gasteiger partial charge in [0, 0.05) is 37.5 Å². The Balaban J connectivity index is 1.59. The first-order valence-electron chi connectivity index (χ1n) is 6.37. The van der Waals surface area contributed by atoms with E-state index in [9.17, 15) is 9.59 Å². The minimum atomic E-state index is -0.995. The Morgan fingerprint density at radius 3 is 2.47 bits per heavy atom. The molecule has 1 aliphatic heterocycles. The van der Waals surface area contributed by atoms with E-state index in [0.717, 1.165) is 31.1 Å². The molecule has 7 heteroatoms. The van der Waals surface area contributed by atoms with Crippen LogP contribution in [0.5, 0.6) is 0 Å². The lowest BCUT2D eigenvalue weighted by Gasteiger charge is -2.34. The van der Waals surface area contributed by atoms with Crippen LogP contribution in [0, 0.1) is 5.92 Å². The number of aromatic nitrogens is 1. The lowest BCUT2D eigenvalue weighted by Crippen LogP contribution is -2.49. The molecule has 2 aliphatic rings. The Kier molecular flexibility index (Phi) is 3.14. The van der Waals surface area contributed by atoms with Gasteiger partial charge in [0.1, 0.15) is 0 Å². The Hall–Kier alpha value is -1.63. The zero-order valence-electron chi connectivity index (χ0n) is 10.4. The van der Waals surface area contributed by atoms with Gasteiger partial charge in [0.15, 0.2) is 10.8 Å². The summed E-state index contributed by atoms with van der Waals surface area (Å²) in [5.74, 6) is -0.444. The van der Waals surface area contributed by atoms with Crippen molar-refractivity contribution in [2.75, 3.05) is 31.1 Å². The fourth-order valence-electron chi connectivity index (χ4n) is 2.21. The van der Waals surface area contributed by atoms with Gasteiger partial charge in [0.25, 0.3) is 0 Å². The highest BCUT2D eigenvalue weighted by Gasteiger charge is 2.34. The minimum Gasteiger partial charge on any atom is -0.476 e. The molecule has 3 rings (SSSR count). The van der Waals surface area contributed by atoms with E-state index in [1.165, 1.54) is 11.3 Å². The van der Waals surface area contributed by atoms with Crippen LogP contribution < -0.4 is 4.90 Å². The van der Waals surface area contributed by atoms with Gasteiger partial charge in [0.05, 0.1) is 0 Å². The highest BCUT2D eigenvalue weighted by Crippen LogP contribution is 2.31. The van der Waals surface area contributed by atoms with Crippen LogP contribution in [0.2, 0.25) is 0 Å². The molecule has 0 aromatic carbocycles. The maximum atomic E-state index is 11.9. The topological polar surface area (TPSA) is 73.7 Å². The normalized spacial score (nSPS) is 19.6. The first-order chi connectivity index (χ1) is 9.15. The molecule has 1 N–H and O–H groups in total. The van der Waals surface area contributed by atoms with Gasteiger partial charge < -0.3 is 14.9 Å². The second-order valence-corrected chi connectivity index (χ2v) is 5.74. The summed E-state index contributed by atoms with van der Waals surface area (Å²) in [7, 11) is 0. The van der Waals surface area contributed by atoms with Gasteiger partial charge >= 0.3 is 5.97 Å². The standard InChI is InChI=1S/C12H15N3O3S/c16-10(8-1-2-8)14-3-5-15(6-4-14)12-13-9(7-19-12)11(17)18/h7-8H,1-6H2,(H,17,18). The average molecular weight is 281 g/mol. The van der Waals surface area contributed by atoms with Gasteiger partial charge in [-0.05, 0) is 12.8 Å². The second kappa shape index (κ2) is 4.80. The summed E-state index contributed by atoms with van der Waals surface area (Å²) >= 11 is 1.34. The molecule has 1 saturated carbocycles. The van der Waals surface area contributed by atoms with Gasteiger partial charge in [-0.3, -0.25) is 4.79 Å². The monoisotopic (exact) mass is 281 g/mol. The zero-order chi connectivity index (χ0) is 13.4. The van der Waals surface area contributed by atoms with E-state index in [1.54, 1.807) is 5.38 Å². The van der Waals surface area contributed by atoms with Crippen LogP contribution in [-0.4, -0.2) is 53.0 Å². The number of nitrogens with zero attached hydrogens (tertiary/aromatic N) is 3. The second-order valence-electron chi connectivity index (χ2n) is 4.91. The number of hydrogen-bond donors (Lipinski definition) is 1. The molecule has 2 fully saturated rings. The number of anilines is 1. The third-order valence-corrected chi connectivity index (χ3v) is 4.40. The molecule has 0 spiro atoms. The average Bonchev–Trinajstić information content (AvgIpc) is 3.14. The first kappa shape index (κ1) is 12.4. The molecule has 102 valence electrons. The van der Waals surface area contributed by atoms with Gasteiger partial charge in [-0.25, -0.2) is 9.78 Å². The van der Waals surface area contributed by atoms with Crippen LogP contribution in [-0.2, 0) is 4.79 Å². The summed E-state index contributed by atoms with van der Waals surface area (Å²) in [6.45, 7) is 2.87. The maximum absolute atomic E-state index is 11.9. The molecule has 1 amide bonds. The molecular formula is C12H15N3O3S. The highest BCUT2D eigenvalue weighted by molar-refractivity contribution is 7.13. The van der Waals surface area contributed by atoms with E-state index >= 15 is 0 Å². The fraction of sp³-hybridized carbons (Fsp3) is 0.583. The molecule has 2 heterocycles. The Bertz CT molecular complexity index is 504. The highest BCUT2D eigenvalue weighted by atomic mass is 32.1. The van der Waals surface area contributed by atoms with Gasteiger partial charge in [0.2, 0.25) is 5.91 Å². The van der Waals surface area contributed by atoms with Gasteiger partial charge in [-0.2, -0.15) is 0 Å². The van der Waals surface area contributed by atoms with E-state index < -0.39 is 5.97 Å². The molecular weight excluding hydrogens is 266 g/mol. The van der Waals surface area contributed by atoms with E-state index in [1.807, 2.05) is 9.80 Å². The molecule has 0 bridgehead atoms. The van der Waals surface area contributed by atoms with E-state index in [0.29, 0.717) is 13.1 Å². The van der Waals surface area contributed by atoms with Crippen molar-refractivity contribution in [3.8, 4) is 0 Å². The largest absolute Gasteiger partial charge is 0.476 e. The number of hydrogen-bond acceptors (Lipinski definition) is 5. The lowest BCUT2D eigenvalue weighted by molar-refractivity contribution is -0.132. The van der Waals surface area contributed by atoms with Crippen molar-refractivity contribution in [3.05, 3.63) is 11.1 Å². The number of carbonyl (C=O) groups excluding carboxylic acids is 1. The third kappa shape index (κ3) is 2.56. The number of carboxylic acids is 1. The van der Waals surface area contributed by atoms with Crippen LogP contribution in [0.3, 0.4) is 0 Å². The molecule has 0 unspecified atom stereocenters. The Morgan fingerprint density at radius 1 is 1.26 bits per heavy atom. The van der Waals surface area contributed by atoms with Crippen molar-refractivity contribution in [2.24, 2.45) is 5.92 Å². The molecule has 1 aromatic heterocycles. The molecule has 19 heavy (non-hydrogen) atoms. The van der Waals surface area contributed by atoms with E-state index in [2.05, 4.69) is 4.98 Å².